The molecule has 1 aromatic carbocycles. The number of H-pyrrole nitrogens is 1. The summed E-state index contributed by atoms with van der Waals surface area (Å²) in [4.78, 5) is 19.1. The van der Waals surface area contributed by atoms with Crippen molar-refractivity contribution >= 4 is 40.1 Å². The minimum Gasteiger partial charge on any atom is -0.461 e. The molecule has 2 aromatic heterocycles. The highest BCUT2D eigenvalue weighted by atomic mass is 32.2. The number of para-hydroxylation sites is 2. The van der Waals surface area contributed by atoms with Crippen molar-refractivity contribution in [3.63, 3.8) is 0 Å². The van der Waals surface area contributed by atoms with Crippen LogP contribution in [0.4, 0.5) is 0 Å². The van der Waals surface area contributed by atoms with E-state index < -0.39 is 5.97 Å². The van der Waals surface area contributed by atoms with Gasteiger partial charge in [-0.15, -0.1) is 10.2 Å². The second-order valence-corrected chi connectivity index (χ2v) is 5.97. The molecule has 0 bridgehead atoms. The number of nitrogens with zero attached hydrogens (tertiary/aromatic N) is 3. The van der Waals surface area contributed by atoms with E-state index in [1.807, 2.05) is 24.3 Å². The maximum absolute atomic E-state index is 11.5. The molecule has 0 spiro atoms. The van der Waals surface area contributed by atoms with Crippen LogP contribution in [0.25, 0.3) is 11.0 Å². The molecule has 0 radical (unpaired) electrons. The Kier molecular flexibility index (Phi) is 3.66. The Bertz CT molecular complexity index is 720. The van der Waals surface area contributed by atoms with E-state index in [-0.39, 0.29) is 5.01 Å². The van der Waals surface area contributed by atoms with Crippen LogP contribution in [0.15, 0.2) is 33.8 Å². The van der Waals surface area contributed by atoms with Crippen LogP contribution in [0.3, 0.4) is 0 Å². The van der Waals surface area contributed by atoms with Gasteiger partial charge in [-0.1, -0.05) is 23.5 Å². The molecule has 3 rings (SSSR count). The van der Waals surface area contributed by atoms with Crippen molar-refractivity contribution in [2.45, 2.75) is 16.4 Å². The highest BCUT2D eigenvalue weighted by molar-refractivity contribution is 8.00. The minimum absolute atomic E-state index is 0.255. The molecule has 0 aliphatic carbocycles. The van der Waals surface area contributed by atoms with Crippen LogP contribution < -0.4 is 0 Å². The number of benzene rings is 1. The molecule has 8 heteroatoms. The Labute approximate surface area is 122 Å². The quantitative estimate of drug-likeness (QED) is 0.746. The second-order valence-electron chi connectivity index (χ2n) is 3.75. The van der Waals surface area contributed by atoms with Gasteiger partial charge in [0.25, 0.3) is 0 Å². The van der Waals surface area contributed by atoms with Crippen molar-refractivity contribution in [1.29, 1.82) is 0 Å². The van der Waals surface area contributed by atoms with Crippen LogP contribution in [0.1, 0.15) is 16.7 Å². The molecule has 0 amide bonds. The molecule has 6 nitrogen and oxygen atoms in total. The van der Waals surface area contributed by atoms with Crippen LogP contribution in [0.2, 0.25) is 0 Å². The zero-order valence-electron chi connectivity index (χ0n) is 10.5. The summed E-state index contributed by atoms with van der Waals surface area (Å²) in [6.07, 6.45) is 0. The van der Waals surface area contributed by atoms with Gasteiger partial charge < -0.3 is 9.72 Å². The molecule has 0 atom stereocenters. The number of imidazole rings is 1. The van der Waals surface area contributed by atoms with Gasteiger partial charge in [-0.05, 0) is 30.8 Å². The molecule has 0 saturated carbocycles. The molecule has 2 heterocycles. The van der Waals surface area contributed by atoms with Gasteiger partial charge in [-0.3, -0.25) is 0 Å². The zero-order valence-corrected chi connectivity index (χ0v) is 12.1. The number of carbonyl (C=O) groups excluding carboxylic acids is 1. The summed E-state index contributed by atoms with van der Waals surface area (Å²) in [6, 6.07) is 7.76. The number of aromatic amines is 1. The van der Waals surface area contributed by atoms with Crippen LogP contribution in [-0.4, -0.2) is 32.7 Å². The minimum atomic E-state index is -0.443. The summed E-state index contributed by atoms with van der Waals surface area (Å²) >= 11 is 2.53. The van der Waals surface area contributed by atoms with Gasteiger partial charge in [0.1, 0.15) is 0 Å². The van der Waals surface area contributed by atoms with E-state index >= 15 is 0 Å². The van der Waals surface area contributed by atoms with E-state index in [4.69, 9.17) is 4.74 Å². The van der Waals surface area contributed by atoms with E-state index in [2.05, 4.69) is 20.2 Å². The molecule has 20 heavy (non-hydrogen) atoms. The molecule has 0 fully saturated rings. The van der Waals surface area contributed by atoms with E-state index in [1.54, 1.807) is 6.92 Å². The number of fused-ring (bicyclic) bond motifs is 1. The molecule has 102 valence electrons. The van der Waals surface area contributed by atoms with Gasteiger partial charge >= 0.3 is 5.97 Å². The van der Waals surface area contributed by atoms with Gasteiger partial charge in [0.05, 0.1) is 17.6 Å². The lowest BCUT2D eigenvalue weighted by atomic mass is 10.3. The first kappa shape index (κ1) is 13.1. The zero-order chi connectivity index (χ0) is 13.9. The normalized spacial score (nSPS) is 10.8. The van der Waals surface area contributed by atoms with Gasteiger partial charge in [-0.2, -0.15) is 0 Å². The molecule has 0 aliphatic heterocycles. The first-order chi connectivity index (χ1) is 9.76. The number of hydrogen-bond donors (Lipinski definition) is 1. The van der Waals surface area contributed by atoms with Crippen LogP contribution in [0, 0.1) is 0 Å². The van der Waals surface area contributed by atoms with E-state index in [0.29, 0.717) is 10.9 Å². The van der Waals surface area contributed by atoms with Crippen LogP contribution in [0.5, 0.6) is 0 Å². The lowest BCUT2D eigenvalue weighted by Gasteiger charge is -1.94. The molecule has 0 unspecified atom stereocenters. The van der Waals surface area contributed by atoms with E-state index in [1.165, 1.54) is 23.1 Å². The fourth-order valence-corrected chi connectivity index (χ4v) is 3.25. The standard InChI is InChI=1S/C12H10N4O2S2/c1-2-18-10(17)9-15-16-12(19-9)20-11-13-7-5-3-4-6-8(7)14-11/h3-6H,2H2,1H3,(H,13,14). The Morgan fingerprint density at radius 1 is 1.40 bits per heavy atom. The molecular weight excluding hydrogens is 296 g/mol. The van der Waals surface area contributed by atoms with Gasteiger partial charge in [0, 0.05) is 0 Å². The summed E-state index contributed by atoms with van der Waals surface area (Å²) in [6.45, 7) is 2.08. The van der Waals surface area contributed by atoms with Crippen molar-refractivity contribution in [3.8, 4) is 0 Å². The molecule has 1 N–H and O–H groups in total. The van der Waals surface area contributed by atoms with Gasteiger partial charge in [0.2, 0.25) is 5.01 Å². The number of esters is 1. The van der Waals surface area contributed by atoms with Crippen LogP contribution >= 0.6 is 23.1 Å². The number of hydrogen-bond acceptors (Lipinski definition) is 7. The smallest absolute Gasteiger partial charge is 0.369 e. The number of nitrogens with one attached hydrogen (secondary N) is 1. The number of ether oxygens (including phenoxy) is 1. The lowest BCUT2D eigenvalue weighted by Crippen LogP contribution is -2.03. The average molecular weight is 306 g/mol. The third-order valence-corrected chi connectivity index (χ3v) is 4.25. The third kappa shape index (κ3) is 2.66. The van der Waals surface area contributed by atoms with Crippen molar-refractivity contribution in [1.82, 2.24) is 20.2 Å². The third-order valence-electron chi connectivity index (χ3n) is 2.41. The lowest BCUT2D eigenvalue weighted by molar-refractivity contribution is 0.0525. The fraction of sp³-hybridized carbons (Fsp3) is 0.167. The first-order valence-corrected chi connectivity index (χ1v) is 7.53. The highest BCUT2D eigenvalue weighted by Crippen LogP contribution is 2.29. The Morgan fingerprint density at radius 2 is 2.25 bits per heavy atom. The average Bonchev–Trinajstić information content (AvgIpc) is 3.05. The molecular formula is C12H10N4O2S2. The summed E-state index contributed by atoms with van der Waals surface area (Å²) in [5.74, 6) is -0.443. The summed E-state index contributed by atoms with van der Waals surface area (Å²) < 4.78 is 5.52. The van der Waals surface area contributed by atoms with E-state index in [9.17, 15) is 4.79 Å². The van der Waals surface area contributed by atoms with Gasteiger partial charge in [0.15, 0.2) is 9.50 Å². The van der Waals surface area contributed by atoms with Crippen molar-refractivity contribution in [3.05, 3.63) is 29.3 Å². The maximum Gasteiger partial charge on any atom is 0.369 e. The largest absolute Gasteiger partial charge is 0.461 e. The van der Waals surface area contributed by atoms with Crippen molar-refractivity contribution in [2.24, 2.45) is 0 Å². The second kappa shape index (κ2) is 5.59. The molecule has 0 saturated heterocycles. The van der Waals surface area contributed by atoms with Gasteiger partial charge in [-0.25, -0.2) is 9.78 Å². The summed E-state index contributed by atoms with van der Waals surface area (Å²) in [5, 5.41) is 8.75. The van der Waals surface area contributed by atoms with Crippen LogP contribution in [-0.2, 0) is 4.74 Å². The first-order valence-electron chi connectivity index (χ1n) is 5.89. The highest BCUT2D eigenvalue weighted by Gasteiger charge is 2.15. The number of carbonyl (C=O) groups is 1. The Balaban J connectivity index is 1.79. The predicted octanol–water partition coefficient (Wildman–Crippen LogP) is 2.74. The van der Waals surface area contributed by atoms with E-state index in [0.717, 1.165) is 16.2 Å². The number of aromatic nitrogens is 4. The molecule has 3 aromatic rings. The fourth-order valence-electron chi connectivity index (χ4n) is 1.59. The monoisotopic (exact) mass is 306 g/mol. The maximum atomic E-state index is 11.5. The Morgan fingerprint density at radius 3 is 3.05 bits per heavy atom. The Hall–Kier alpha value is -1.93. The molecule has 0 aliphatic rings. The van der Waals surface area contributed by atoms with Crippen molar-refractivity contribution < 1.29 is 9.53 Å². The van der Waals surface area contributed by atoms with Crippen molar-refractivity contribution in [2.75, 3.05) is 6.61 Å². The summed E-state index contributed by atoms with van der Waals surface area (Å²) in [5.41, 5.74) is 1.86. The predicted molar refractivity (Wildman–Crippen MR) is 76.1 cm³/mol. The SMILES string of the molecule is CCOC(=O)c1nnc(Sc2nc3ccccc3[nH]2)s1. The topological polar surface area (TPSA) is 80.8 Å². The summed E-state index contributed by atoms with van der Waals surface area (Å²) in [7, 11) is 0. The number of rotatable bonds is 4.